The van der Waals surface area contributed by atoms with Gasteiger partial charge in [-0.25, -0.2) is 4.79 Å². The van der Waals surface area contributed by atoms with E-state index in [1.165, 1.54) is 4.88 Å². The van der Waals surface area contributed by atoms with Gasteiger partial charge in [0.15, 0.2) is 0 Å². The van der Waals surface area contributed by atoms with E-state index < -0.39 is 0 Å². The molecule has 7 heteroatoms. The van der Waals surface area contributed by atoms with E-state index in [1.54, 1.807) is 16.2 Å². The molecule has 3 rings (SSSR count). The van der Waals surface area contributed by atoms with Gasteiger partial charge in [0.1, 0.15) is 6.54 Å². The van der Waals surface area contributed by atoms with Gasteiger partial charge in [0.25, 0.3) is 0 Å². The summed E-state index contributed by atoms with van der Waals surface area (Å²) in [6.45, 7) is 6.73. The molecule has 2 aromatic rings. The van der Waals surface area contributed by atoms with E-state index >= 15 is 0 Å². The fourth-order valence-corrected chi connectivity index (χ4v) is 4.48. The molecule has 1 saturated heterocycles. The Bertz CT molecular complexity index is 818. The first-order chi connectivity index (χ1) is 14.5. The Morgan fingerprint density at radius 1 is 1.13 bits per heavy atom. The molecule has 1 atom stereocenters. The van der Waals surface area contributed by atoms with Crippen LogP contribution in [0.2, 0.25) is 0 Å². The zero-order chi connectivity index (χ0) is 21.3. The van der Waals surface area contributed by atoms with Crippen LogP contribution in [0.15, 0.2) is 42.5 Å². The van der Waals surface area contributed by atoms with Gasteiger partial charge in [0, 0.05) is 36.0 Å². The van der Waals surface area contributed by atoms with Crippen molar-refractivity contribution in [3.63, 3.8) is 0 Å². The minimum absolute atomic E-state index is 0.00271. The summed E-state index contributed by atoms with van der Waals surface area (Å²) in [5.74, 6) is -0.0610. The van der Waals surface area contributed by atoms with Gasteiger partial charge in [-0.1, -0.05) is 30.3 Å². The van der Waals surface area contributed by atoms with Gasteiger partial charge in [0.2, 0.25) is 5.91 Å². The third kappa shape index (κ3) is 6.57. The highest BCUT2D eigenvalue weighted by molar-refractivity contribution is 7.11. The Morgan fingerprint density at radius 2 is 1.93 bits per heavy atom. The molecule has 1 aliphatic rings. The SMILES string of the molecule is CCNC(=O)N(CC(=O)N(Cc1ccccc1)Cc1ccc(C)s1)C[C@H]1CCCO1. The summed E-state index contributed by atoms with van der Waals surface area (Å²) in [5, 5.41) is 2.83. The van der Waals surface area contributed by atoms with Gasteiger partial charge in [-0.15, -0.1) is 11.3 Å². The number of ether oxygens (including phenoxy) is 1. The van der Waals surface area contributed by atoms with E-state index in [2.05, 4.69) is 24.4 Å². The number of carbonyl (C=O) groups is 2. The molecule has 2 heterocycles. The maximum absolute atomic E-state index is 13.3. The monoisotopic (exact) mass is 429 g/mol. The zero-order valence-corrected chi connectivity index (χ0v) is 18.6. The van der Waals surface area contributed by atoms with Crippen LogP contribution in [-0.4, -0.2) is 54.1 Å². The first-order valence-corrected chi connectivity index (χ1v) is 11.4. The van der Waals surface area contributed by atoms with Crippen molar-refractivity contribution in [1.82, 2.24) is 15.1 Å². The first-order valence-electron chi connectivity index (χ1n) is 10.6. The van der Waals surface area contributed by atoms with Crippen LogP contribution in [0, 0.1) is 6.92 Å². The van der Waals surface area contributed by atoms with Crippen molar-refractivity contribution in [2.75, 3.05) is 26.2 Å². The largest absolute Gasteiger partial charge is 0.376 e. The summed E-state index contributed by atoms with van der Waals surface area (Å²) in [4.78, 5) is 31.7. The highest BCUT2D eigenvalue weighted by Crippen LogP contribution is 2.19. The molecule has 3 amide bonds. The highest BCUT2D eigenvalue weighted by atomic mass is 32.1. The van der Waals surface area contributed by atoms with Gasteiger partial charge >= 0.3 is 6.03 Å². The molecule has 1 aromatic heterocycles. The van der Waals surface area contributed by atoms with Gasteiger partial charge in [-0.2, -0.15) is 0 Å². The summed E-state index contributed by atoms with van der Waals surface area (Å²) in [6, 6.07) is 13.9. The number of rotatable bonds is 9. The summed E-state index contributed by atoms with van der Waals surface area (Å²) >= 11 is 1.70. The molecule has 1 N–H and O–H groups in total. The van der Waals surface area contributed by atoms with E-state index in [1.807, 2.05) is 42.2 Å². The smallest absolute Gasteiger partial charge is 0.317 e. The molecular formula is C23H31N3O3S. The molecule has 1 fully saturated rings. The van der Waals surface area contributed by atoms with Crippen LogP contribution >= 0.6 is 11.3 Å². The Morgan fingerprint density at radius 3 is 2.57 bits per heavy atom. The van der Waals surface area contributed by atoms with Crippen molar-refractivity contribution < 1.29 is 14.3 Å². The number of carbonyl (C=O) groups excluding carboxylic acids is 2. The summed E-state index contributed by atoms with van der Waals surface area (Å²) in [7, 11) is 0. The fourth-order valence-electron chi connectivity index (χ4n) is 3.57. The Kier molecular flexibility index (Phi) is 8.28. The van der Waals surface area contributed by atoms with Crippen LogP contribution in [0.4, 0.5) is 4.79 Å². The lowest BCUT2D eigenvalue weighted by Gasteiger charge is -2.29. The quantitative estimate of drug-likeness (QED) is 0.660. The van der Waals surface area contributed by atoms with Crippen LogP contribution in [0.25, 0.3) is 0 Å². The van der Waals surface area contributed by atoms with Crippen LogP contribution in [0.3, 0.4) is 0 Å². The number of nitrogens with zero attached hydrogens (tertiary/aromatic N) is 2. The third-order valence-electron chi connectivity index (χ3n) is 5.10. The lowest BCUT2D eigenvalue weighted by Crippen LogP contribution is -2.48. The molecule has 0 radical (unpaired) electrons. The maximum atomic E-state index is 13.3. The van der Waals surface area contributed by atoms with Gasteiger partial charge in [0.05, 0.1) is 12.6 Å². The Balaban J connectivity index is 1.73. The maximum Gasteiger partial charge on any atom is 0.317 e. The van der Waals surface area contributed by atoms with Crippen LogP contribution < -0.4 is 5.32 Å². The number of aryl methyl sites for hydroxylation is 1. The van der Waals surface area contributed by atoms with Crippen molar-refractivity contribution in [3.8, 4) is 0 Å². The minimum atomic E-state index is -0.215. The Hall–Kier alpha value is -2.38. The molecular weight excluding hydrogens is 398 g/mol. The molecule has 0 saturated carbocycles. The van der Waals surface area contributed by atoms with Gasteiger partial charge < -0.3 is 19.9 Å². The third-order valence-corrected chi connectivity index (χ3v) is 6.09. The van der Waals surface area contributed by atoms with Crippen molar-refractivity contribution in [2.24, 2.45) is 0 Å². The van der Waals surface area contributed by atoms with E-state index in [0.717, 1.165) is 29.9 Å². The van der Waals surface area contributed by atoms with E-state index in [-0.39, 0.29) is 24.6 Å². The van der Waals surface area contributed by atoms with Crippen molar-refractivity contribution in [3.05, 3.63) is 57.8 Å². The van der Waals surface area contributed by atoms with Crippen LogP contribution in [-0.2, 0) is 22.6 Å². The Labute approximate surface area is 182 Å². The second kappa shape index (κ2) is 11.1. The van der Waals surface area contributed by atoms with Gasteiger partial charge in [-0.3, -0.25) is 4.79 Å². The zero-order valence-electron chi connectivity index (χ0n) is 17.8. The second-order valence-corrected chi connectivity index (χ2v) is 8.97. The van der Waals surface area contributed by atoms with E-state index in [4.69, 9.17) is 4.74 Å². The number of nitrogens with one attached hydrogen (secondary N) is 1. The average molecular weight is 430 g/mol. The lowest BCUT2D eigenvalue weighted by molar-refractivity contribution is -0.133. The number of hydrogen-bond donors (Lipinski definition) is 1. The number of amides is 3. The molecule has 0 bridgehead atoms. The predicted molar refractivity (Wildman–Crippen MR) is 119 cm³/mol. The van der Waals surface area contributed by atoms with Crippen molar-refractivity contribution in [2.45, 2.75) is 45.9 Å². The average Bonchev–Trinajstić information content (AvgIpc) is 3.39. The van der Waals surface area contributed by atoms with E-state index in [0.29, 0.717) is 26.2 Å². The van der Waals surface area contributed by atoms with E-state index in [9.17, 15) is 9.59 Å². The summed E-state index contributed by atoms with van der Waals surface area (Å²) in [6.07, 6.45) is 1.93. The molecule has 162 valence electrons. The molecule has 1 aromatic carbocycles. The van der Waals surface area contributed by atoms with Crippen LogP contribution in [0.5, 0.6) is 0 Å². The number of benzene rings is 1. The minimum Gasteiger partial charge on any atom is -0.376 e. The predicted octanol–water partition coefficient (Wildman–Crippen LogP) is 3.80. The highest BCUT2D eigenvalue weighted by Gasteiger charge is 2.26. The normalized spacial score (nSPS) is 15.7. The molecule has 0 unspecified atom stereocenters. The van der Waals surface area contributed by atoms with Crippen molar-refractivity contribution >= 4 is 23.3 Å². The summed E-state index contributed by atoms with van der Waals surface area (Å²) in [5.41, 5.74) is 1.07. The topological polar surface area (TPSA) is 61.9 Å². The first kappa shape index (κ1) is 22.3. The molecule has 1 aliphatic heterocycles. The standard InChI is InChI=1S/C23H31N3O3S/c1-3-24-23(28)26(15-20-10-7-13-29-20)17-22(27)25(14-19-8-5-4-6-9-19)16-21-12-11-18(2)30-21/h4-6,8-9,11-12,20H,3,7,10,13-17H2,1-2H3,(H,24,28)/t20-/m1/s1. The number of hydrogen-bond acceptors (Lipinski definition) is 4. The lowest BCUT2D eigenvalue weighted by atomic mass is 10.2. The molecule has 6 nitrogen and oxygen atoms in total. The second-order valence-electron chi connectivity index (χ2n) is 7.60. The fraction of sp³-hybridized carbons (Fsp3) is 0.478. The number of urea groups is 1. The molecule has 30 heavy (non-hydrogen) atoms. The summed E-state index contributed by atoms with van der Waals surface area (Å²) < 4.78 is 5.70. The van der Waals surface area contributed by atoms with Crippen molar-refractivity contribution in [1.29, 1.82) is 0 Å². The molecule has 0 aliphatic carbocycles. The number of thiophene rings is 1. The van der Waals surface area contributed by atoms with Crippen LogP contribution in [0.1, 0.15) is 35.1 Å². The molecule has 0 spiro atoms. The van der Waals surface area contributed by atoms with Gasteiger partial charge in [-0.05, 0) is 44.4 Å².